The Kier molecular flexibility index (Phi) is 11.8. The Morgan fingerprint density at radius 3 is 2.23 bits per heavy atom. The van der Waals surface area contributed by atoms with Gasteiger partial charge in [-0.1, -0.05) is 46.6 Å². The molecule has 0 bridgehead atoms. The van der Waals surface area contributed by atoms with Gasteiger partial charge < -0.3 is 33.9 Å². The summed E-state index contributed by atoms with van der Waals surface area (Å²) in [6.07, 6.45) is -1.92. The van der Waals surface area contributed by atoms with E-state index in [2.05, 4.69) is 13.8 Å². The molecule has 1 heterocycles. The van der Waals surface area contributed by atoms with E-state index in [-0.39, 0.29) is 23.1 Å². The van der Waals surface area contributed by atoms with Crippen molar-refractivity contribution in [2.24, 2.45) is 17.8 Å². The monoisotopic (exact) mass is 664 g/mol. The molecule has 0 spiro atoms. The highest BCUT2D eigenvalue weighted by Crippen LogP contribution is 2.57. The van der Waals surface area contributed by atoms with Crippen molar-refractivity contribution in [1.29, 1.82) is 0 Å². The average molecular weight is 665 g/mol. The van der Waals surface area contributed by atoms with Crippen molar-refractivity contribution in [3.63, 3.8) is 0 Å². The molecule has 10 atom stereocenters. The molecule has 0 aromatic carbocycles. The van der Waals surface area contributed by atoms with E-state index in [1.807, 2.05) is 0 Å². The number of carbonyl (C=O) groups is 5. The molecule has 47 heavy (non-hydrogen) atoms. The first kappa shape index (κ1) is 38.2. The highest BCUT2D eigenvalue weighted by Gasteiger charge is 2.76. The lowest BCUT2D eigenvalue weighted by Crippen LogP contribution is -2.64. The second-order valence-corrected chi connectivity index (χ2v) is 13.8. The second kappa shape index (κ2) is 14.5. The normalized spacial score (nSPS) is 34.8. The number of carbonyl (C=O) groups excluding carboxylic acids is 5. The summed E-state index contributed by atoms with van der Waals surface area (Å²) in [6.45, 7) is 16.1. The van der Waals surface area contributed by atoms with Crippen LogP contribution in [0.25, 0.3) is 0 Å². The zero-order chi connectivity index (χ0) is 35.6. The Morgan fingerprint density at radius 1 is 1.04 bits per heavy atom. The minimum absolute atomic E-state index is 0.0625. The summed E-state index contributed by atoms with van der Waals surface area (Å²) >= 11 is 0. The van der Waals surface area contributed by atoms with Gasteiger partial charge >= 0.3 is 29.8 Å². The number of ether oxygens (including phenoxy) is 5. The third-order valence-electron chi connectivity index (χ3n) is 10.3. The fourth-order valence-electron chi connectivity index (χ4n) is 6.83. The van der Waals surface area contributed by atoms with Crippen LogP contribution >= 0.6 is 0 Å². The molecular formula is C35H52O12. The molecular weight excluding hydrogens is 612 g/mol. The van der Waals surface area contributed by atoms with Gasteiger partial charge in [-0.25, -0.2) is 9.59 Å². The minimum atomic E-state index is -2.59. The Bertz CT molecular complexity index is 1310. The molecule has 0 radical (unpaired) electrons. The Hall–Kier alpha value is -3.25. The van der Waals surface area contributed by atoms with Gasteiger partial charge in [0, 0.05) is 25.3 Å². The summed E-state index contributed by atoms with van der Waals surface area (Å²) in [4.78, 5) is 65.6. The Morgan fingerprint density at radius 2 is 1.68 bits per heavy atom. The van der Waals surface area contributed by atoms with Crippen LogP contribution in [0, 0.1) is 17.8 Å². The maximum Gasteiger partial charge on any atom is 0.341 e. The van der Waals surface area contributed by atoms with Crippen LogP contribution < -0.4 is 0 Å². The van der Waals surface area contributed by atoms with Gasteiger partial charge in [-0.2, -0.15) is 0 Å². The molecule has 0 aromatic heterocycles. The zero-order valence-corrected chi connectivity index (χ0v) is 29.3. The van der Waals surface area contributed by atoms with Crippen molar-refractivity contribution in [2.45, 2.75) is 149 Å². The maximum absolute atomic E-state index is 13.4. The van der Waals surface area contributed by atoms with Crippen molar-refractivity contribution < 1.29 is 57.9 Å². The highest BCUT2D eigenvalue weighted by atomic mass is 16.6. The largest absolute Gasteiger partial charge is 0.459 e. The van der Waals surface area contributed by atoms with Crippen molar-refractivity contribution in [3.05, 3.63) is 22.8 Å². The summed E-state index contributed by atoms with van der Waals surface area (Å²) in [5, 5.41) is 24.0. The molecule has 0 aromatic rings. The minimum Gasteiger partial charge on any atom is -0.459 e. The standard InChI is InChI=1S/C35H52O12/c1-11-18(4)15-14-16-24(37)44-28-26-25(21(7)27(28)45-31(39)20(6)13-3)29-35(42,34(10,41)32(40)46-29)23(43-30(38)19(5)12-2)17-33(26,9)47-22(8)36/h13,18-19,23,26-29,41-42H,11-12,14-17H2,1-10H3/b20-13-/t18?,19-,23-,26+,27-,28-,29-,33-,34+,35+/m0/s1. The fourth-order valence-corrected chi connectivity index (χ4v) is 6.83. The van der Waals surface area contributed by atoms with Gasteiger partial charge in [0.05, 0.1) is 11.8 Å². The molecule has 1 unspecified atom stereocenters. The van der Waals surface area contributed by atoms with Crippen molar-refractivity contribution in [1.82, 2.24) is 0 Å². The number of aliphatic hydroxyl groups is 2. The van der Waals surface area contributed by atoms with Crippen molar-refractivity contribution in [3.8, 4) is 0 Å². The van der Waals surface area contributed by atoms with E-state index in [1.165, 1.54) is 13.8 Å². The van der Waals surface area contributed by atoms with Gasteiger partial charge in [-0.05, 0) is 64.5 Å². The summed E-state index contributed by atoms with van der Waals surface area (Å²) < 4.78 is 29.5. The van der Waals surface area contributed by atoms with Gasteiger partial charge in [-0.3, -0.25) is 14.4 Å². The van der Waals surface area contributed by atoms with Crippen LogP contribution in [0.1, 0.15) is 108 Å². The summed E-state index contributed by atoms with van der Waals surface area (Å²) in [5.41, 5.74) is -6.17. The van der Waals surface area contributed by atoms with Crippen LogP contribution in [0.5, 0.6) is 0 Å². The lowest BCUT2D eigenvalue weighted by Gasteiger charge is -2.42. The van der Waals surface area contributed by atoms with Crippen LogP contribution in [-0.2, 0) is 47.7 Å². The third kappa shape index (κ3) is 7.13. The van der Waals surface area contributed by atoms with Crippen LogP contribution in [0.3, 0.4) is 0 Å². The summed E-state index contributed by atoms with van der Waals surface area (Å²) in [7, 11) is 0. The topological polar surface area (TPSA) is 172 Å². The van der Waals surface area contributed by atoms with E-state index < -0.39 is 89.3 Å². The molecule has 1 saturated heterocycles. The first-order valence-electron chi connectivity index (χ1n) is 16.6. The predicted molar refractivity (Wildman–Crippen MR) is 168 cm³/mol. The van der Waals surface area contributed by atoms with Crippen molar-refractivity contribution >= 4 is 29.8 Å². The molecule has 1 saturated carbocycles. The van der Waals surface area contributed by atoms with E-state index >= 15 is 0 Å². The molecule has 264 valence electrons. The van der Waals surface area contributed by atoms with Crippen LogP contribution in [-0.4, -0.2) is 81.3 Å². The first-order valence-corrected chi connectivity index (χ1v) is 16.6. The average Bonchev–Trinajstić information content (AvgIpc) is 3.33. The number of hydrogen-bond donors (Lipinski definition) is 2. The fraction of sp³-hybridized carbons (Fsp3) is 0.743. The third-order valence-corrected chi connectivity index (χ3v) is 10.3. The lowest BCUT2D eigenvalue weighted by molar-refractivity contribution is -0.214. The number of allylic oxidation sites excluding steroid dienone is 1. The summed E-state index contributed by atoms with van der Waals surface area (Å²) in [6, 6.07) is 0. The SMILES string of the molecule is C/C=C(/C)C(=O)O[C@H]1C(C)=C2[C@H]([C@@H]1OC(=O)CCCC(C)CC)[C@@](C)(OC(C)=O)C[C@H](OC(=O)[C@@H](C)CC)[C@@]1(O)[C@H]2OC(=O)[C@@]1(C)O. The van der Waals surface area contributed by atoms with E-state index in [9.17, 15) is 34.2 Å². The highest BCUT2D eigenvalue weighted by molar-refractivity contribution is 5.88. The maximum atomic E-state index is 13.4. The number of rotatable bonds is 12. The van der Waals surface area contributed by atoms with Crippen LogP contribution in [0.15, 0.2) is 22.8 Å². The van der Waals surface area contributed by atoms with E-state index in [0.29, 0.717) is 18.8 Å². The molecule has 3 aliphatic rings. The summed E-state index contributed by atoms with van der Waals surface area (Å²) in [5.74, 6) is -5.26. The number of fused-ring (bicyclic) bond motifs is 3. The van der Waals surface area contributed by atoms with Gasteiger partial charge in [0.25, 0.3) is 0 Å². The van der Waals surface area contributed by atoms with Crippen LogP contribution in [0.4, 0.5) is 0 Å². The van der Waals surface area contributed by atoms with Gasteiger partial charge in [0.1, 0.15) is 11.7 Å². The number of hydrogen-bond acceptors (Lipinski definition) is 12. The Balaban J connectivity index is 2.27. The molecule has 2 fully saturated rings. The molecule has 2 aliphatic carbocycles. The smallest absolute Gasteiger partial charge is 0.341 e. The van der Waals surface area contributed by atoms with Crippen LogP contribution in [0.2, 0.25) is 0 Å². The molecule has 12 heteroatoms. The predicted octanol–water partition coefficient (Wildman–Crippen LogP) is 4.03. The first-order chi connectivity index (χ1) is 21.8. The number of esters is 5. The zero-order valence-electron chi connectivity index (χ0n) is 29.3. The molecule has 1 aliphatic heterocycles. The van der Waals surface area contributed by atoms with E-state index in [4.69, 9.17) is 23.7 Å². The molecule has 2 N–H and O–H groups in total. The molecule has 3 rings (SSSR count). The van der Waals surface area contributed by atoms with E-state index in [1.54, 1.807) is 40.7 Å². The second-order valence-electron chi connectivity index (χ2n) is 13.8. The van der Waals surface area contributed by atoms with Gasteiger partial charge in [0.15, 0.2) is 29.5 Å². The van der Waals surface area contributed by atoms with Gasteiger partial charge in [0.2, 0.25) is 0 Å². The van der Waals surface area contributed by atoms with Crippen molar-refractivity contribution in [2.75, 3.05) is 0 Å². The van der Waals surface area contributed by atoms with E-state index in [0.717, 1.165) is 19.8 Å². The molecule has 12 nitrogen and oxygen atoms in total. The quantitative estimate of drug-likeness (QED) is 0.133. The molecule has 0 amide bonds. The Labute approximate surface area is 277 Å². The van der Waals surface area contributed by atoms with Gasteiger partial charge in [-0.15, -0.1) is 0 Å². The lowest BCUT2D eigenvalue weighted by atomic mass is 9.75.